The fourth-order valence-corrected chi connectivity index (χ4v) is 3.22. The Morgan fingerprint density at radius 3 is 2.74 bits per heavy atom. The number of nitrogens with one attached hydrogen (secondary N) is 1. The van der Waals surface area contributed by atoms with E-state index < -0.39 is 0 Å². The van der Waals surface area contributed by atoms with Crippen molar-refractivity contribution in [3.63, 3.8) is 0 Å². The van der Waals surface area contributed by atoms with E-state index in [1.54, 1.807) is 7.11 Å². The molecule has 0 saturated heterocycles. The minimum Gasteiger partial charge on any atom is -0.496 e. The molecule has 0 atom stereocenters. The molecule has 0 bridgehead atoms. The molecule has 3 nitrogen and oxygen atoms in total. The van der Waals surface area contributed by atoms with Crippen LogP contribution in [-0.4, -0.2) is 19.7 Å². The van der Waals surface area contributed by atoms with Gasteiger partial charge >= 0.3 is 0 Å². The van der Waals surface area contributed by atoms with E-state index in [0.29, 0.717) is 6.04 Å². The Kier molecular flexibility index (Phi) is 4.92. The van der Waals surface area contributed by atoms with Crippen LogP contribution in [0.3, 0.4) is 0 Å². The van der Waals surface area contributed by atoms with Gasteiger partial charge in [0.05, 0.1) is 22.3 Å². The number of fused-ring (bicyclic) bond motifs is 1. The third-order valence-electron chi connectivity index (χ3n) is 2.94. The lowest BCUT2D eigenvalue weighted by atomic mass is 10.1. The lowest BCUT2D eigenvalue weighted by molar-refractivity contribution is 0.412. The van der Waals surface area contributed by atoms with Crippen LogP contribution in [0.15, 0.2) is 25.7 Å². The first-order chi connectivity index (χ1) is 9.04. The molecule has 0 amide bonds. The Morgan fingerprint density at radius 2 is 2.11 bits per heavy atom. The highest BCUT2D eigenvalue weighted by atomic mass is 79.9. The number of benzene rings is 1. The van der Waals surface area contributed by atoms with Crippen molar-refractivity contribution in [1.29, 1.82) is 0 Å². The van der Waals surface area contributed by atoms with Crippen LogP contribution >= 0.6 is 31.9 Å². The number of methoxy groups -OCH3 is 1. The maximum atomic E-state index is 5.66. The second kappa shape index (κ2) is 6.29. The van der Waals surface area contributed by atoms with Gasteiger partial charge in [-0.2, -0.15) is 0 Å². The van der Waals surface area contributed by atoms with Crippen molar-refractivity contribution in [2.24, 2.45) is 0 Å². The Morgan fingerprint density at radius 1 is 1.37 bits per heavy atom. The van der Waals surface area contributed by atoms with Gasteiger partial charge in [-0.1, -0.05) is 13.8 Å². The van der Waals surface area contributed by atoms with Gasteiger partial charge in [-0.15, -0.1) is 0 Å². The molecule has 0 saturated carbocycles. The third-order valence-corrected chi connectivity index (χ3v) is 4.32. The predicted molar refractivity (Wildman–Crippen MR) is 85.0 cm³/mol. The van der Waals surface area contributed by atoms with E-state index in [2.05, 4.69) is 51.0 Å². The van der Waals surface area contributed by atoms with Gasteiger partial charge < -0.3 is 14.5 Å². The summed E-state index contributed by atoms with van der Waals surface area (Å²) >= 11 is 7.12. The Balaban J connectivity index is 2.37. The number of furan rings is 1. The first kappa shape index (κ1) is 14.9. The van der Waals surface area contributed by atoms with Gasteiger partial charge in [-0.3, -0.25) is 0 Å². The largest absolute Gasteiger partial charge is 0.496 e. The van der Waals surface area contributed by atoms with Crippen molar-refractivity contribution in [1.82, 2.24) is 5.32 Å². The number of rotatable bonds is 5. The van der Waals surface area contributed by atoms with E-state index in [1.807, 2.05) is 12.3 Å². The van der Waals surface area contributed by atoms with Crippen molar-refractivity contribution < 1.29 is 9.15 Å². The van der Waals surface area contributed by atoms with Crippen molar-refractivity contribution in [3.05, 3.63) is 26.8 Å². The van der Waals surface area contributed by atoms with Gasteiger partial charge in [0.2, 0.25) is 0 Å². The summed E-state index contributed by atoms with van der Waals surface area (Å²) in [6, 6.07) is 2.40. The monoisotopic (exact) mass is 389 g/mol. The second-order valence-corrected chi connectivity index (χ2v) is 6.35. The number of halogens is 2. The molecule has 104 valence electrons. The average molecular weight is 391 g/mol. The molecule has 0 aliphatic rings. The SMILES string of the molecule is COc1cc(Br)c2occ(CCNC(C)C)c2c1Br. The third kappa shape index (κ3) is 3.15. The minimum atomic E-state index is 0.489. The molecular weight excluding hydrogens is 374 g/mol. The summed E-state index contributed by atoms with van der Waals surface area (Å²) < 4.78 is 12.9. The molecule has 0 aliphatic carbocycles. The molecule has 0 aliphatic heterocycles. The quantitative estimate of drug-likeness (QED) is 0.815. The van der Waals surface area contributed by atoms with Crippen molar-refractivity contribution in [2.45, 2.75) is 26.3 Å². The highest BCUT2D eigenvalue weighted by molar-refractivity contribution is 9.11. The van der Waals surface area contributed by atoms with Gasteiger partial charge in [0.15, 0.2) is 0 Å². The predicted octanol–water partition coefficient (Wildman–Crippen LogP) is 4.51. The molecule has 1 heterocycles. The molecule has 0 spiro atoms. The van der Waals surface area contributed by atoms with E-state index in [-0.39, 0.29) is 0 Å². The van der Waals surface area contributed by atoms with Crippen LogP contribution < -0.4 is 10.1 Å². The highest BCUT2D eigenvalue weighted by Crippen LogP contribution is 2.40. The molecule has 2 rings (SSSR count). The number of hydrogen-bond donors (Lipinski definition) is 1. The van der Waals surface area contributed by atoms with E-state index in [0.717, 1.165) is 38.6 Å². The van der Waals surface area contributed by atoms with Crippen molar-refractivity contribution in [2.75, 3.05) is 13.7 Å². The van der Waals surface area contributed by atoms with Gasteiger partial charge in [-0.25, -0.2) is 0 Å². The van der Waals surface area contributed by atoms with Crippen LogP contribution in [0.2, 0.25) is 0 Å². The molecule has 1 aromatic carbocycles. The Labute approximate surface area is 129 Å². The summed E-state index contributed by atoms with van der Waals surface area (Å²) in [4.78, 5) is 0. The Bertz CT molecular complexity index is 578. The summed E-state index contributed by atoms with van der Waals surface area (Å²) in [5.41, 5.74) is 2.03. The molecular formula is C14H17Br2NO2. The summed E-state index contributed by atoms with van der Waals surface area (Å²) in [6.07, 6.45) is 2.74. The topological polar surface area (TPSA) is 34.4 Å². The highest BCUT2D eigenvalue weighted by Gasteiger charge is 2.16. The van der Waals surface area contributed by atoms with Crippen LogP contribution in [0.25, 0.3) is 11.0 Å². The molecule has 1 N–H and O–H groups in total. The first-order valence-electron chi connectivity index (χ1n) is 6.20. The van der Waals surface area contributed by atoms with E-state index >= 15 is 0 Å². The van der Waals surface area contributed by atoms with E-state index in [9.17, 15) is 0 Å². The molecule has 19 heavy (non-hydrogen) atoms. The molecule has 5 heteroatoms. The van der Waals surface area contributed by atoms with Crippen LogP contribution in [-0.2, 0) is 6.42 Å². The van der Waals surface area contributed by atoms with Crippen LogP contribution in [0.5, 0.6) is 5.75 Å². The summed E-state index contributed by atoms with van der Waals surface area (Å²) in [7, 11) is 1.67. The van der Waals surface area contributed by atoms with Gasteiger partial charge in [-0.05, 0) is 50.9 Å². The normalized spacial score (nSPS) is 11.5. The van der Waals surface area contributed by atoms with Crippen LogP contribution in [0.4, 0.5) is 0 Å². The zero-order valence-corrected chi connectivity index (χ0v) is 14.4. The average Bonchev–Trinajstić information content (AvgIpc) is 2.78. The molecule has 0 unspecified atom stereocenters. The standard InChI is InChI=1S/C14H17Br2NO2/c1-8(2)17-5-4-9-7-19-14-10(15)6-11(18-3)13(16)12(9)14/h6-8,17H,4-5H2,1-3H3. The fraction of sp³-hybridized carbons (Fsp3) is 0.429. The maximum Gasteiger partial charge on any atom is 0.149 e. The summed E-state index contributed by atoms with van der Waals surface area (Å²) in [5.74, 6) is 0.804. The fourth-order valence-electron chi connectivity index (χ4n) is 2.01. The first-order valence-corrected chi connectivity index (χ1v) is 7.78. The lowest BCUT2D eigenvalue weighted by Gasteiger charge is -2.09. The number of ether oxygens (including phenoxy) is 1. The van der Waals surface area contributed by atoms with Crippen LogP contribution in [0.1, 0.15) is 19.4 Å². The van der Waals surface area contributed by atoms with Gasteiger partial charge in [0, 0.05) is 17.0 Å². The number of hydrogen-bond acceptors (Lipinski definition) is 3. The molecule has 1 aromatic heterocycles. The maximum absolute atomic E-state index is 5.66. The Hall–Kier alpha value is -0.520. The van der Waals surface area contributed by atoms with Gasteiger partial charge in [0.1, 0.15) is 11.3 Å². The lowest BCUT2D eigenvalue weighted by Crippen LogP contribution is -2.24. The second-order valence-electron chi connectivity index (χ2n) is 4.70. The van der Waals surface area contributed by atoms with Gasteiger partial charge in [0.25, 0.3) is 0 Å². The zero-order chi connectivity index (χ0) is 14.0. The smallest absolute Gasteiger partial charge is 0.149 e. The van der Waals surface area contributed by atoms with Crippen LogP contribution in [0, 0.1) is 0 Å². The molecule has 0 fully saturated rings. The summed E-state index contributed by atoms with van der Waals surface area (Å²) in [5, 5.41) is 4.49. The molecule has 0 radical (unpaired) electrons. The molecule has 2 aromatic rings. The van der Waals surface area contributed by atoms with Crippen molar-refractivity contribution in [3.8, 4) is 5.75 Å². The van der Waals surface area contributed by atoms with Crippen molar-refractivity contribution >= 4 is 42.8 Å². The van der Waals surface area contributed by atoms with E-state index in [4.69, 9.17) is 9.15 Å². The summed E-state index contributed by atoms with van der Waals surface area (Å²) in [6.45, 7) is 5.21. The minimum absolute atomic E-state index is 0.489. The van der Waals surface area contributed by atoms with E-state index in [1.165, 1.54) is 5.56 Å². The zero-order valence-electron chi connectivity index (χ0n) is 11.2.